The molecule has 128 valence electrons. The second-order valence-corrected chi connectivity index (χ2v) is 5.86. The van der Waals surface area contributed by atoms with Crippen molar-refractivity contribution in [3.8, 4) is 17.1 Å². The Morgan fingerprint density at radius 3 is 2.84 bits per heavy atom. The van der Waals surface area contributed by atoms with Crippen LogP contribution >= 0.6 is 15.9 Å². The van der Waals surface area contributed by atoms with Crippen LogP contribution < -0.4 is 4.74 Å². The first-order valence-corrected chi connectivity index (χ1v) is 7.95. The Balaban J connectivity index is 1.66. The van der Waals surface area contributed by atoms with E-state index in [0.29, 0.717) is 5.82 Å². The third kappa shape index (κ3) is 4.03. The molecule has 0 saturated carbocycles. The molecule has 6 nitrogen and oxygen atoms in total. The summed E-state index contributed by atoms with van der Waals surface area (Å²) in [5.41, 5.74) is 0.818. The van der Waals surface area contributed by atoms with Gasteiger partial charge >= 0.3 is 5.97 Å². The molecule has 0 saturated heterocycles. The number of esters is 1. The number of halogens is 2. The number of hydrogen-bond donors (Lipinski definition) is 0. The zero-order valence-electron chi connectivity index (χ0n) is 13.0. The molecule has 1 aromatic heterocycles. The number of aromatic nitrogens is 2. The quantitative estimate of drug-likeness (QED) is 0.596. The summed E-state index contributed by atoms with van der Waals surface area (Å²) in [4.78, 5) is 16.1. The molecule has 0 amide bonds. The fourth-order valence-electron chi connectivity index (χ4n) is 2.06. The first kappa shape index (κ1) is 17.1. The maximum atomic E-state index is 13.6. The highest BCUT2D eigenvalue weighted by Gasteiger charge is 2.14. The normalized spacial score (nSPS) is 10.5. The predicted molar refractivity (Wildman–Crippen MR) is 89.5 cm³/mol. The molecule has 0 atom stereocenters. The molecule has 0 aliphatic rings. The van der Waals surface area contributed by atoms with Gasteiger partial charge in [0.1, 0.15) is 0 Å². The lowest BCUT2D eigenvalue weighted by molar-refractivity contribution is 0.0429. The van der Waals surface area contributed by atoms with E-state index in [1.54, 1.807) is 0 Å². The standard InChI is InChI=1S/C17H12BrFN2O4/c1-23-14-6-5-11(8-13(14)19)17(22)24-9-15-20-16(21-25-15)10-3-2-4-12(18)7-10/h2-8H,9H2,1H3. The molecule has 8 heteroatoms. The van der Waals surface area contributed by atoms with Crippen molar-refractivity contribution >= 4 is 21.9 Å². The maximum absolute atomic E-state index is 13.6. The number of ether oxygens (including phenoxy) is 2. The Morgan fingerprint density at radius 1 is 1.28 bits per heavy atom. The third-order valence-electron chi connectivity index (χ3n) is 3.27. The van der Waals surface area contributed by atoms with Crippen LogP contribution in [-0.4, -0.2) is 23.2 Å². The molecule has 25 heavy (non-hydrogen) atoms. The van der Waals surface area contributed by atoms with Crippen LogP contribution in [0.5, 0.6) is 5.75 Å². The van der Waals surface area contributed by atoms with Gasteiger partial charge in [-0.3, -0.25) is 0 Å². The van der Waals surface area contributed by atoms with E-state index < -0.39 is 11.8 Å². The lowest BCUT2D eigenvalue weighted by Gasteiger charge is -2.04. The lowest BCUT2D eigenvalue weighted by Crippen LogP contribution is -2.06. The van der Waals surface area contributed by atoms with Crippen LogP contribution in [-0.2, 0) is 11.3 Å². The number of benzene rings is 2. The van der Waals surface area contributed by atoms with Gasteiger partial charge in [0.05, 0.1) is 12.7 Å². The van der Waals surface area contributed by atoms with E-state index in [2.05, 4.69) is 26.1 Å². The Morgan fingerprint density at radius 2 is 2.12 bits per heavy atom. The molecule has 0 bridgehead atoms. The Bertz CT molecular complexity index is 913. The van der Waals surface area contributed by atoms with Crippen molar-refractivity contribution in [1.29, 1.82) is 0 Å². The molecular weight excluding hydrogens is 395 g/mol. The van der Waals surface area contributed by atoms with E-state index in [4.69, 9.17) is 14.0 Å². The van der Waals surface area contributed by atoms with Crippen LogP contribution in [0.4, 0.5) is 4.39 Å². The minimum absolute atomic E-state index is 0.0483. The molecule has 0 aliphatic carbocycles. The highest BCUT2D eigenvalue weighted by Crippen LogP contribution is 2.21. The summed E-state index contributed by atoms with van der Waals surface area (Å²) in [5.74, 6) is -0.789. The number of carbonyl (C=O) groups excluding carboxylic acids is 1. The van der Waals surface area contributed by atoms with Crippen molar-refractivity contribution in [3.05, 3.63) is 64.2 Å². The van der Waals surface area contributed by atoms with Gasteiger partial charge in [0.2, 0.25) is 5.82 Å². The first-order chi connectivity index (χ1) is 12.1. The molecule has 0 aliphatic heterocycles. The summed E-state index contributed by atoms with van der Waals surface area (Å²) in [6.45, 7) is -0.215. The van der Waals surface area contributed by atoms with Crippen molar-refractivity contribution in [1.82, 2.24) is 10.1 Å². The minimum Gasteiger partial charge on any atom is -0.494 e. The van der Waals surface area contributed by atoms with E-state index in [0.717, 1.165) is 16.1 Å². The number of rotatable bonds is 5. The average Bonchev–Trinajstić information content (AvgIpc) is 3.08. The summed E-state index contributed by atoms with van der Waals surface area (Å²) in [6.07, 6.45) is 0. The molecule has 3 aromatic rings. The van der Waals surface area contributed by atoms with Crippen LogP contribution in [0, 0.1) is 5.82 Å². The topological polar surface area (TPSA) is 74.5 Å². The average molecular weight is 407 g/mol. The van der Waals surface area contributed by atoms with Crippen LogP contribution in [0.25, 0.3) is 11.4 Å². The summed E-state index contributed by atoms with van der Waals surface area (Å²) in [5, 5.41) is 3.84. The number of carbonyl (C=O) groups is 1. The van der Waals surface area contributed by atoms with Gasteiger partial charge < -0.3 is 14.0 Å². The summed E-state index contributed by atoms with van der Waals surface area (Å²) in [7, 11) is 1.34. The summed E-state index contributed by atoms with van der Waals surface area (Å²) in [6, 6.07) is 11.2. The summed E-state index contributed by atoms with van der Waals surface area (Å²) < 4.78 is 29.4. The van der Waals surface area contributed by atoms with Crippen molar-refractivity contribution in [2.24, 2.45) is 0 Å². The third-order valence-corrected chi connectivity index (χ3v) is 3.76. The minimum atomic E-state index is -0.705. The number of hydrogen-bond acceptors (Lipinski definition) is 6. The molecule has 3 rings (SSSR count). The van der Waals surface area contributed by atoms with Gasteiger partial charge in [-0.25, -0.2) is 9.18 Å². The fraction of sp³-hybridized carbons (Fsp3) is 0.118. The molecular formula is C17H12BrFN2O4. The lowest BCUT2D eigenvalue weighted by atomic mass is 10.2. The molecule has 0 spiro atoms. The van der Waals surface area contributed by atoms with Gasteiger partial charge in [-0.05, 0) is 30.3 Å². The van der Waals surface area contributed by atoms with E-state index in [1.807, 2.05) is 24.3 Å². The van der Waals surface area contributed by atoms with E-state index in [9.17, 15) is 9.18 Å². The van der Waals surface area contributed by atoms with Gasteiger partial charge in [0, 0.05) is 10.0 Å². The fourth-order valence-corrected chi connectivity index (χ4v) is 2.46. The van der Waals surface area contributed by atoms with Crippen molar-refractivity contribution < 1.29 is 23.2 Å². The zero-order valence-corrected chi connectivity index (χ0v) is 14.6. The van der Waals surface area contributed by atoms with E-state index in [1.165, 1.54) is 19.2 Å². The van der Waals surface area contributed by atoms with E-state index in [-0.39, 0.29) is 23.8 Å². The highest BCUT2D eigenvalue weighted by molar-refractivity contribution is 9.10. The first-order valence-electron chi connectivity index (χ1n) is 7.16. The van der Waals surface area contributed by atoms with E-state index >= 15 is 0 Å². The van der Waals surface area contributed by atoms with Crippen LogP contribution in [0.1, 0.15) is 16.2 Å². The molecule has 2 aromatic carbocycles. The second kappa shape index (κ2) is 7.43. The summed E-state index contributed by atoms with van der Waals surface area (Å²) >= 11 is 3.36. The van der Waals surface area contributed by atoms with Crippen LogP contribution in [0.3, 0.4) is 0 Å². The molecule has 0 unspecified atom stereocenters. The van der Waals surface area contributed by atoms with Gasteiger partial charge in [-0.2, -0.15) is 4.98 Å². The second-order valence-electron chi connectivity index (χ2n) is 4.95. The maximum Gasteiger partial charge on any atom is 0.338 e. The number of nitrogens with zero attached hydrogens (tertiary/aromatic N) is 2. The Labute approximate surface area is 150 Å². The molecule has 1 heterocycles. The number of methoxy groups -OCH3 is 1. The Kier molecular flexibility index (Phi) is 5.08. The van der Waals surface area contributed by atoms with Crippen LogP contribution in [0.15, 0.2) is 51.5 Å². The smallest absolute Gasteiger partial charge is 0.338 e. The molecule has 0 radical (unpaired) electrons. The van der Waals surface area contributed by atoms with Gasteiger partial charge in [-0.1, -0.05) is 33.2 Å². The van der Waals surface area contributed by atoms with Crippen molar-refractivity contribution in [2.75, 3.05) is 7.11 Å². The van der Waals surface area contributed by atoms with Crippen molar-refractivity contribution in [2.45, 2.75) is 6.61 Å². The molecule has 0 fully saturated rings. The zero-order chi connectivity index (χ0) is 17.8. The van der Waals surface area contributed by atoms with Crippen LogP contribution in [0.2, 0.25) is 0 Å². The van der Waals surface area contributed by atoms with Gasteiger partial charge in [0.25, 0.3) is 5.89 Å². The monoisotopic (exact) mass is 406 g/mol. The SMILES string of the molecule is COc1ccc(C(=O)OCc2nc(-c3cccc(Br)c3)no2)cc1F. The van der Waals surface area contributed by atoms with Crippen molar-refractivity contribution in [3.63, 3.8) is 0 Å². The van der Waals surface area contributed by atoms with Gasteiger partial charge in [-0.15, -0.1) is 0 Å². The highest BCUT2D eigenvalue weighted by atomic mass is 79.9. The predicted octanol–water partition coefficient (Wildman–Crippen LogP) is 4.00. The molecule has 0 N–H and O–H groups in total. The van der Waals surface area contributed by atoms with Gasteiger partial charge in [0.15, 0.2) is 18.2 Å². The largest absolute Gasteiger partial charge is 0.494 e. The Hall–Kier alpha value is -2.74.